The SMILES string of the molecule is C[C@H](Cc1cnccn1)n1cnc2cc(C(C)(C)C)sc2c1=O. The molecule has 0 spiro atoms. The van der Waals surface area contributed by atoms with Gasteiger partial charge in [-0.2, -0.15) is 0 Å². The first-order chi connectivity index (χ1) is 10.9. The van der Waals surface area contributed by atoms with Gasteiger partial charge < -0.3 is 0 Å². The van der Waals surface area contributed by atoms with Gasteiger partial charge in [-0.25, -0.2) is 4.98 Å². The Balaban J connectivity index is 1.98. The molecule has 0 aliphatic carbocycles. The number of rotatable bonds is 3. The van der Waals surface area contributed by atoms with Crippen molar-refractivity contribution in [3.8, 4) is 0 Å². The van der Waals surface area contributed by atoms with Crippen molar-refractivity contribution in [1.82, 2.24) is 19.5 Å². The fourth-order valence-corrected chi connectivity index (χ4v) is 3.55. The molecule has 0 unspecified atom stereocenters. The second kappa shape index (κ2) is 5.85. The average molecular weight is 328 g/mol. The molecule has 23 heavy (non-hydrogen) atoms. The zero-order valence-corrected chi connectivity index (χ0v) is 14.6. The molecule has 3 aromatic heterocycles. The molecule has 0 bridgehead atoms. The highest BCUT2D eigenvalue weighted by Crippen LogP contribution is 2.31. The highest BCUT2D eigenvalue weighted by molar-refractivity contribution is 7.19. The largest absolute Gasteiger partial charge is 0.295 e. The van der Waals surface area contributed by atoms with Crippen LogP contribution in [-0.4, -0.2) is 19.5 Å². The fraction of sp³-hybridized carbons (Fsp3) is 0.412. The van der Waals surface area contributed by atoms with Crippen LogP contribution < -0.4 is 5.56 Å². The van der Waals surface area contributed by atoms with Crippen LogP contribution in [0.2, 0.25) is 0 Å². The highest BCUT2D eigenvalue weighted by atomic mass is 32.1. The van der Waals surface area contributed by atoms with Gasteiger partial charge in [-0.1, -0.05) is 20.8 Å². The second-order valence-electron chi connectivity index (χ2n) is 6.78. The van der Waals surface area contributed by atoms with Crippen LogP contribution >= 0.6 is 11.3 Å². The normalized spacial score (nSPS) is 13.4. The average Bonchev–Trinajstić information content (AvgIpc) is 2.94. The second-order valence-corrected chi connectivity index (χ2v) is 7.83. The van der Waals surface area contributed by atoms with Gasteiger partial charge in [0.05, 0.1) is 17.5 Å². The van der Waals surface area contributed by atoms with Gasteiger partial charge in [0, 0.05) is 35.9 Å². The zero-order chi connectivity index (χ0) is 16.6. The summed E-state index contributed by atoms with van der Waals surface area (Å²) in [6, 6.07) is 2.01. The summed E-state index contributed by atoms with van der Waals surface area (Å²) in [7, 11) is 0. The van der Waals surface area contributed by atoms with E-state index in [-0.39, 0.29) is 17.0 Å². The standard InChI is InChI=1S/C17H20N4OS/c1-11(7-12-9-18-5-6-19-12)21-10-20-13-8-14(17(2,3)4)23-15(13)16(21)22/h5-6,8-11H,7H2,1-4H3/t11-/m1/s1. The van der Waals surface area contributed by atoms with Crippen LogP contribution in [0.5, 0.6) is 0 Å². The number of hydrogen-bond donors (Lipinski definition) is 0. The first-order valence-corrected chi connectivity index (χ1v) is 8.44. The van der Waals surface area contributed by atoms with Crippen LogP contribution in [0, 0.1) is 0 Å². The quantitative estimate of drug-likeness (QED) is 0.740. The molecule has 3 rings (SSSR count). The van der Waals surface area contributed by atoms with Crippen molar-refractivity contribution in [1.29, 1.82) is 0 Å². The molecule has 5 nitrogen and oxygen atoms in total. The minimum atomic E-state index is -0.0173. The van der Waals surface area contributed by atoms with E-state index in [1.165, 1.54) is 4.88 Å². The summed E-state index contributed by atoms with van der Waals surface area (Å²) in [4.78, 5) is 26.8. The van der Waals surface area contributed by atoms with Gasteiger partial charge in [-0.15, -0.1) is 11.3 Å². The van der Waals surface area contributed by atoms with Crippen molar-refractivity contribution < 1.29 is 0 Å². The van der Waals surface area contributed by atoms with Crippen LogP contribution in [0.3, 0.4) is 0 Å². The number of aromatic nitrogens is 4. The predicted molar refractivity (Wildman–Crippen MR) is 93.0 cm³/mol. The number of hydrogen-bond acceptors (Lipinski definition) is 5. The third-order valence-corrected chi connectivity index (χ3v) is 5.34. The van der Waals surface area contributed by atoms with Crippen molar-refractivity contribution in [2.75, 3.05) is 0 Å². The lowest BCUT2D eigenvalue weighted by atomic mass is 9.95. The van der Waals surface area contributed by atoms with Gasteiger partial charge in [0.15, 0.2) is 0 Å². The molecule has 0 aliphatic rings. The Labute approximate surface area is 139 Å². The summed E-state index contributed by atoms with van der Waals surface area (Å²) in [6.07, 6.45) is 7.34. The summed E-state index contributed by atoms with van der Waals surface area (Å²) in [5.74, 6) is 0. The minimum absolute atomic E-state index is 0.0173. The smallest absolute Gasteiger partial charge is 0.271 e. The molecule has 0 aromatic carbocycles. The van der Waals surface area contributed by atoms with Crippen LogP contribution in [0.15, 0.2) is 35.8 Å². The summed E-state index contributed by atoms with van der Waals surface area (Å²) in [5.41, 5.74) is 1.70. The van der Waals surface area contributed by atoms with Gasteiger partial charge in [0.25, 0.3) is 5.56 Å². The predicted octanol–water partition coefficient (Wildman–Crippen LogP) is 3.35. The van der Waals surface area contributed by atoms with E-state index in [0.29, 0.717) is 6.42 Å². The summed E-state index contributed by atoms with van der Waals surface area (Å²) in [5, 5.41) is 0. The molecule has 120 valence electrons. The molecular formula is C17H20N4OS. The fourth-order valence-electron chi connectivity index (χ4n) is 2.44. The van der Waals surface area contributed by atoms with E-state index in [1.807, 2.05) is 13.0 Å². The van der Waals surface area contributed by atoms with Gasteiger partial charge in [0.1, 0.15) is 4.70 Å². The highest BCUT2D eigenvalue weighted by Gasteiger charge is 2.20. The van der Waals surface area contributed by atoms with Crippen LogP contribution in [0.25, 0.3) is 10.2 Å². The summed E-state index contributed by atoms with van der Waals surface area (Å²) >= 11 is 1.54. The summed E-state index contributed by atoms with van der Waals surface area (Å²) in [6.45, 7) is 8.44. The van der Waals surface area contributed by atoms with Crippen molar-refractivity contribution in [3.05, 3.63) is 51.9 Å². The van der Waals surface area contributed by atoms with Crippen molar-refractivity contribution >= 4 is 21.6 Å². The number of nitrogens with zero attached hydrogens (tertiary/aromatic N) is 4. The molecule has 3 aromatic rings. The molecule has 3 heterocycles. The molecule has 0 saturated heterocycles. The first-order valence-electron chi connectivity index (χ1n) is 7.62. The molecule has 1 atom stereocenters. The lowest BCUT2D eigenvalue weighted by Gasteiger charge is -2.14. The molecule has 0 radical (unpaired) electrons. The van der Waals surface area contributed by atoms with E-state index in [0.717, 1.165) is 15.9 Å². The molecule has 0 fully saturated rings. The van der Waals surface area contributed by atoms with Crippen LogP contribution in [0.1, 0.15) is 44.3 Å². The van der Waals surface area contributed by atoms with E-state index in [1.54, 1.807) is 40.8 Å². The van der Waals surface area contributed by atoms with Crippen molar-refractivity contribution in [3.63, 3.8) is 0 Å². The van der Waals surface area contributed by atoms with E-state index in [2.05, 4.69) is 35.7 Å². The maximum atomic E-state index is 12.8. The maximum absolute atomic E-state index is 12.8. The van der Waals surface area contributed by atoms with Crippen molar-refractivity contribution in [2.24, 2.45) is 0 Å². The van der Waals surface area contributed by atoms with Crippen LogP contribution in [0.4, 0.5) is 0 Å². The van der Waals surface area contributed by atoms with Crippen LogP contribution in [-0.2, 0) is 11.8 Å². The number of thiophene rings is 1. The Morgan fingerprint density at radius 3 is 2.70 bits per heavy atom. The van der Waals surface area contributed by atoms with Gasteiger partial charge in [-0.05, 0) is 18.4 Å². The van der Waals surface area contributed by atoms with Gasteiger partial charge in [-0.3, -0.25) is 19.3 Å². The molecule has 0 N–H and O–H groups in total. The Kier molecular flexibility index (Phi) is 4.02. The molecular weight excluding hydrogens is 308 g/mol. The van der Waals surface area contributed by atoms with Gasteiger partial charge >= 0.3 is 0 Å². The van der Waals surface area contributed by atoms with Crippen molar-refractivity contribution in [2.45, 2.75) is 45.6 Å². The van der Waals surface area contributed by atoms with E-state index in [4.69, 9.17) is 0 Å². The Morgan fingerprint density at radius 2 is 2.04 bits per heavy atom. The lowest BCUT2D eigenvalue weighted by Crippen LogP contribution is -2.24. The lowest BCUT2D eigenvalue weighted by molar-refractivity contribution is 0.517. The Morgan fingerprint density at radius 1 is 1.26 bits per heavy atom. The molecule has 0 saturated carbocycles. The summed E-state index contributed by atoms with van der Waals surface area (Å²) < 4.78 is 2.42. The Bertz CT molecular complexity index is 877. The van der Waals surface area contributed by atoms with E-state index in [9.17, 15) is 4.79 Å². The Hall–Kier alpha value is -2.08. The zero-order valence-electron chi connectivity index (χ0n) is 13.8. The first kappa shape index (κ1) is 15.8. The monoisotopic (exact) mass is 328 g/mol. The molecule has 0 aliphatic heterocycles. The third kappa shape index (κ3) is 3.17. The maximum Gasteiger partial charge on any atom is 0.271 e. The van der Waals surface area contributed by atoms with E-state index < -0.39 is 0 Å². The number of fused-ring (bicyclic) bond motifs is 1. The van der Waals surface area contributed by atoms with Gasteiger partial charge in [0.2, 0.25) is 0 Å². The van der Waals surface area contributed by atoms with E-state index >= 15 is 0 Å². The molecule has 6 heteroatoms. The topological polar surface area (TPSA) is 60.7 Å². The minimum Gasteiger partial charge on any atom is -0.295 e. The third-order valence-electron chi connectivity index (χ3n) is 3.80. The molecule has 0 amide bonds.